The van der Waals surface area contributed by atoms with E-state index in [0.717, 1.165) is 22.2 Å². The van der Waals surface area contributed by atoms with Crippen molar-refractivity contribution in [1.29, 1.82) is 0 Å². The molecule has 2 heterocycles. The summed E-state index contributed by atoms with van der Waals surface area (Å²) in [7, 11) is 0. The molecule has 4 rings (SSSR count). The van der Waals surface area contributed by atoms with Crippen LogP contribution in [0.15, 0.2) is 46.9 Å². The van der Waals surface area contributed by atoms with Gasteiger partial charge in [0.1, 0.15) is 11.3 Å². The largest absolute Gasteiger partial charge is 0.461 e. The summed E-state index contributed by atoms with van der Waals surface area (Å²) in [6.45, 7) is 4.30. The summed E-state index contributed by atoms with van der Waals surface area (Å²) in [5.41, 5.74) is 3.32. The van der Waals surface area contributed by atoms with Gasteiger partial charge >= 0.3 is 5.97 Å². The Balaban J connectivity index is 1.75. The minimum Gasteiger partial charge on any atom is -0.461 e. The molecule has 8 heteroatoms. The zero-order valence-electron chi connectivity index (χ0n) is 16.2. The molecule has 0 saturated heterocycles. The van der Waals surface area contributed by atoms with Crippen molar-refractivity contribution in [1.82, 2.24) is 9.78 Å². The topological polar surface area (TPSA) is 57.3 Å². The Bertz CT molecular complexity index is 1260. The van der Waals surface area contributed by atoms with Crippen LogP contribution in [0.2, 0.25) is 15.1 Å². The van der Waals surface area contributed by atoms with Crippen LogP contribution < -0.4 is 0 Å². The van der Waals surface area contributed by atoms with Crippen LogP contribution >= 0.6 is 34.8 Å². The van der Waals surface area contributed by atoms with E-state index in [-0.39, 0.29) is 5.69 Å². The summed E-state index contributed by atoms with van der Waals surface area (Å²) in [5, 5.41) is 6.83. The number of aryl methyl sites for hydroxylation is 1. The number of nitrogens with zero attached hydrogens (tertiary/aromatic N) is 2. The van der Waals surface area contributed by atoms with Gasteiger partial charge in [-0.25, -0.2) is 4.79 Å². The van der Waals surface area contributed by atoms with Crippen LogP contribution in [0.4, 0.5) is 0 Å². The van der Waals surface area contributed by atoms with Crippen molar-refractivity contribution in [3.05, 3.63) is 74.5 Å². The predicted molar refractivity (Wildman–Crippen MR) is 119 cm³/mol. The Labute approximate surface area is 188 Å². The second kappa shape index (κ2) is 8.34. The molecule has 154 valence electrons. The van der Waals surface area contributed by atoms with Crippen LogP contribution in [0, 0.1) is 6.92 Å². The van der Waals surface area contributed by atoms with Crippen LogP contribution in [0.25, 0.3) is 22.3 Å². The van der Waals surface area contributed by atoms with Gasteiger partial charge in [0.2, 0.25) is 0 Å². The first kappa shape index (κ1) is 20.8. The number of hydrogen-bond donors (Lipinski definition) is 0. The Morgan fingerprint density at radius 2 is 1.90 bits per heavy atom. The Kier molecular flexibility index (Phi) is 5.78. The lowest BCUT2D eigenvalue weighted by molar-refractivity contribution is 0.0518. The monoisotopic (exact) mass is 462 g/mol. The van der Waals surface area contributed by atoms with Crippen LogP contribution in [-0.4, -0.2) is 22.4 Å². The first-order chi connectivity index (χ1) is 14.4. The molecular formula is C22H17Cl3N2O3. The third-order valence-electron chi connectivity index (χ3n) is 4.64. The van der Waals surface area contributed by atoms with E-state index in [9.17, 15) is 4.79 Å². The van der Waals surface area contributed by atoms with Crippen molar-refractivity contribution in [3.8, 4) is 11.3 Å². The maximum Gasteiger partial charge on any atom is 0.358 e. The lowest BCUT2D eigenvalue weighted by Crippen LogP contribution is -2.08. The maximum atomic E-state index is 12.0. The van der Waals surface area contributed by atoms with Crippen LogP contribution in [0.1, 0.15) is 28.7 Å². The number of benzene rings is 2. The third-order valence-corrected chi connectivity index (χ3v) is 5.41. The Morgan fingerprint density at radius 1 is 1.10 bits per heavy atom. The Morgan fingerprint density at radius 3 is 2.63 bits per heavy atom. The predicted octanol–water partition coefficient (Wildman–Crippen LogP) is 6.79. The molecule has 0 aliphatic carbocycles. The Hall–Kier alpha value is -2.47. The number of fused-ring (bicyclic) bond motifs is 1. The molecule has 0 atom stereocenters. The first-order valence-electron chi connectivity index (χ1n) is 9.24. The zero-order valence-corrected chi connectivity index (χ0v) is 18.5. The first-order valence-corrected chi connectivity index (χ1v) is 10.4. The normalized spacial score (nSPS) is 11.2. The van der Waals surface area contributed by atoms with Crippen molar-refractivity contribution in [2.75, 3.05) is 6.61 Å². The highest BCUT2D eigenvalue weighted by atomic mass is 35.5. The molecule has 0 fully saturated rings. The molecule has 30 heavy (non-hydrogen) atoms. The van der Waals surface area contributed by atoms with E-state index in [2.05, 4.69) is 5.10 Å². The summed E-state index contributed by atoms with van der Waals surface area (Å²) < 4.78 is 12.9. The quantitative estimate of drug-likeness (QED) is 0.306. The average Bonchev–Trinajstić information content (AvgIpc) is 3.26. The van der Waals surface area contributed by atoms with Gasteiger partial charge in [0.05, 0.1) is 18.2 Å². The molecule has 2 aromatic carbocycles. The second-order valence-corrected chi connectivity index (χ2v) is 8.05. The number of furan rings is 1. The molecule has 0 amide bonds. The molecule has 0 bridgehead atoms. The highest BCUT2D eigenvalue weighted by molar-refractivity contribution is 6.36. The van der Waals surface area contributed by atoms with Crippen LogP contribution in [0.3, 0.4) is 0 Å². The van der Waals surface area contributed by atoms with E-state index < -0.39 is 5.97 Å². The number of rotatable bonds is 5. The lowest BCUT2D eigenvalue weighted by atomic mass is 10.1. The molecule has 0 aliphatic heterocycles. The van der Waals surface area contributed by atoms with Crippen molar-refractivity contribution >= 4 is 51.7 Å². The summed E-state index contributed by atoms with van der Waals surface area (Å²) in [6, 6.07) is 12.5. The fourth-order valence-corrected chi connectivity index (χ4v) is 4.01. The van der Waals surface area contributed by atoms with Gasteiger partial charge in [-0.3, -0.25) is 4.68 Å². The number of halogens is 3. The number of ether oxygens (including phenoxy) is 1. The van der Waals surface area contributed by atoms with Gasteiger partial charge in [0, 0.05) is 32.3 Å². The van der Waals surface area contributed by atoms with Crippen molar-refractivity contribution in [2.45, 2.75) is 20.4 Å². The SMILES string of the molecule is CCOC(=O)c1cc(C)n(Cc2cc(Cl)cc3cc(-c4ccc(Cl)cc4Cl)oc23)n1. The molecule has 0 radical (unpaired) electrons. The highest BCUT2D eigenvalue weighted by Crippen LogP contribution is 2.36. The molecule has 0 saturated carbocycles. The summed E-state index contributed by atoms with van der Waals surface area (Å²) in [6.07, 6.45) is 0. The van der Waals surface area contributed by atoms with Crippen molar-refractivity contribution in [2.24, 2.45) is 0 Å². The zero-order chi connectivity index (χ0) is 21.4. The third kappa shape index (κ3) is 4.06. The van der Waals surface area contributed by atoms with E-state index in [1.807, 2.05) is 31.2 Å². The summed E-state index contributed by atoms with van der Waals surface area (Å²) >= 11 is 18.7. The summed E-state index contributed by atoms with van der Waals surface area (Å²) in [4.78, 5) is 12.0. The van der Waals surface area contributed by atoms with E-state index in [1.165, 1.54) is 0 Å². The fourth-order valence-electron chi connectivity index (χ4n) is 3.26. The minimum atomic E-state index is -0.451. The molecule has 2 aromatic heterocycles. The smallest absolute Gasteiger partial charge is 0.358 e. The van der Waals surface area contributed by atoms with Gasteiger partial charge in [-0.05, 0) is 56.3 Å². The molecule has 0 spiro atoms. The van der Waals surface area contributed by atoms with Crippen LogP contribution in [0.5, 0.6) is 0 Å². The van der Waals surface area contributed by atoms with Gasteiger partial charge < -0.3 is 9.15 Å². The average molecular weight is 464 g/mol. The molecule has 5 nitrogen and oxygen atoms in total. The number of esters is 1. The minimum absolute atomic E-state index is 0.265. The van der Waals surface area contributed by atoms with E-state index in [0.29, 0.717) is 39.6 Å². The fraction of sp³-hybridized carbons (Fsp3) is 0.182. The van der Waals surface area contributed by atoms with Gasteiger partial charge in [-0.15, -0.1) is 0 Å². The number of aromatic nitrogens is 2. The number of hydrogen-bond acceptors (Lipinski definition) is 4. The van der Waals surface area contributed by atoms with Gasteiger partial charge in [0.25, 0.3) is 0 Å². The maximum absolute atomic E-state index is 12.0. The van der Waals surface area contributed by atoms with Gasteiger partial charge in [-0.1, -0.05) is 34.8 Å². The van der Waals surface area contributed by atoms with Crippen molar-refractivity contribution < 1.29 is 13.9 Å². The van der Waals surface area contributed by atoms with Gasteiger partial charge in [-0.2, -0.15) is 5.10 Å². The number of carbonyl (C=O) groups excluding carboxylic acids is 1. The molecule has 0 aliphatic rings. The number of carbonyl (C=O) groups is 1. The van der Waals surface area contributed by atoms with Crippen molar-refractivity contribution in [3.63, 3.8) is 0 Å². The van der Waals surface area contributed by atoms with E-state index >= 15 is 0 Å². The second-order valence-electron chi connectivity index (χ2n) is 6.77. The highest BCUT2D eigenvalue weighted by Gasteiger charge is 2.17. The van der Waals surface area contributed by atoms with Gasteiger partial charge in [0.15, 0.2) is 5.69 Å². The molecule has 0 unspecified atom stereocenters. The standard InChI is InChI=1S/C22H17Cl3N2O3/c1-3-29-22(28)19-6-12(2)27(26-19)11-14-8-16(24)7-13-9-20(30-21(13)14)17-5-4-15(23)10-18(17)25/h4-10H,3,11H2,1-2H3. The van der Waals surface area contributed by atoms with Crippen LogP contribution in [-0.2, 0) is 11.3 Å². The van der Waals surface area contributed by atoms with E-state index in [1.54, 1.807) is 29.8 Å². The summed E-state index contributed by atoms with van der Waals surface area (Å²) in [5.74, 6) is 0.160. The van der Waals surface area contributed by atoms with E-state index in [4.69, 9.17) is 44.0 Å². The lowest BCUT2D eigenvalue weighted by Gasteiger charge is -2.06. The molecule has 4 aromatic rings. The molecular weight excluding hydrogens is 447 g/mol. The molecule has 0 N–H and O–H groups in total.